The van der Waals surface area contributed by atoms with Crippen LogP contribution < -0.4 is 16.0 Å². The van der Waals surface area contributed by atoms with E-state index >= 15 is 0 Å². The van der Waals surface area contributed by atoms with Crippen LogP contribution in [0.15, 0.2) is 18.2 Å². The van der Waals surface area contributed by atoms with Gasteiger partial charge in [-0.15, -0.1) is 0 Å². The summed E-state index contributed by atoms with van der Waals surface area (Å²) in [7, 11) is 0. The van der Waals surface area contributed by atoms with Crippen LogP contribution in [0, 0.1) is 0 Å². The first-order valence-corrected chi connectivity index (χ1v) is 8.17. The molecule has 3 N–H and O–H groups in total. The number of nitrogens with one attached hydrogen (secondary N) is 3. The van der Waals surface area contributed by atoms with Crippen molar-refractivity contribution in [3.8, 4) is 0 Å². The van der Waals surface area contributed by atoms with Gasteiger partial charge in [-0.3, -0.25) is 4.79 Å². The van der Waals surface area contributed by atoms with Gasteiger partial charge in [-0.2, -0.15) is 0 Å². The summed E-state index contributed by atoms with van der Waals surface area (Å²) in [6.45, 7) is 6.10. The van der Waals surface area contributed by atoms with Crippen molar-refractivity contribution in [2.24, 2.45) is 0 Å². The van der Waals surface area contributed by atoms with Crippen molar-refractivity contribution in [2.75, 3.05) is 23.7 Å². The smallest absolute Gasteiger partial charge is 0.253 e. The van der Waals surface area contributed by atoms with E-state index in [2.05, 4.69) is 29.8 Å². The maximum absolute atomic E-state index is 12.6. The van der Waals surface area contributed by atoms with Gasteiger partial charge in [0.2, 0.25) is 0 Å². The molecule has 0 bridgehead atoms. The van der Waals surface area contributed by atoms with E-state index in [-0.39, 0.29) is 11.9 Å². The summed E-state index contributed by atoms with van der Waals surface area (Å²) in [6.07, 6.45) is 5.55. The second-order valence-corrected chi connectivity index (χ2v) is 5.68. The van der Waals surface area contributed by atoms with E-state index in [9.17, 15) is 4.79 Å². The van der Waals surface area contributed by atoms with Crippen molar-refractivity contribution >= 4 is 17.3 Å². The molecule has 1 aromatic rings. The fraction of sp³-hybridized carbons (Fsp3) is 0.588. The Bertz CT molecular complexity index is 473. The number of benzene rings is 1. The van der Waals surface area contributed by atoms with E-state index in [0.717, 1.165) is 55.7 Å². The molecule has 0 fully saturated rings. The van der Waals surface area contributed by atoms with E-state index in [4.69, 9.17) is 0 Å². The van der Waals surface area contributed by atoms with Crippen molar-refractivity contribution in [3.63, 3.8) is 0 Å². The molecule has 0 aromatic heterocycles. The molecule has 1 aromatic carbocycles. The number of carbonyl (C=O) groups excluding carboxylic acids is 1. The summed E-state index contributed by atoms with van der Waals surface area (Å²) >= 11 is 0. The quantitative estimate of drug-likeness (QED) is 0.718. The van der Waals surface area contributed by atoms with Crippen LogP contribution >= 0.6 is 0 Å². The molecular weight excluding hydrogens is 262 g/mol. The first kappa shape index (κ1) is 15.7. The lowest BCUT2D eigenvalue weighted by atomic mass is 10.0. The Hall–Kier alpha value is -1.71. The molecule has 1 heterocycles. The number of hydrogen-bond acceptors (Lipinski definition) is 3. The molecule has 0 radical (unpaired) electrons. The molecule has 21 heavy (non-hydrogen) atoms. The van der Waals surface area contributed by atoms with Crippen LogP contribution in [0.2, 0.25) is 0 Å². The minimum atomic E-state index is 0.0394. The zero-order valence-electron chi connectivity index (χ0n) is 13.2. The van der Waals surface area contributed by atoms with Gasteiger partial charge in [0.15, 0.2) is 0 Å². The molecule has 4 nitrogen and oxygen atoms in total. The van der Waals surface area contributed by atoms with E-state index < -0.39 is 0 Å². The van der Waals surface area contributed by atoms with Gasteiger partial charge in [-0.1, -0.05) is 39.2 Å². The Morgan fingerprint density at radius 1 is 1.19 bits per heavy atom. The number of unbranched alkanes of at least 4 members (excludes halogenated alkanes) is 1. The molecule has 0 saturated heterocycles. The average molecular weight is 289 g/mol. The fourth-order valence-electron chi connectivity index (χ4n) is 2.81. The third-order valence-electron chi connectivity index (χ3n) is 3.93. The van der Waals surface area contributed by atoms with Crippen molar-refractivity contribution in [1.82, 2.24) is 5.32 Å². The molecule has 116 valence electrons. The van der Waals surface area contributed by atoms with Gasteiger partial charge in [0.05, 0.1) is 16.9 Å². The van der Waals surface area contributed by atoms with Gasteiger partial charge in [0, 0.05) is 19.1 Å². The highest BCUT2D eigenvalue weighted by Crippen LogP contribution is 2.28. The molecule has 2 rings (SSSR count). The third kappa shape index (κ3) is 4.13. The van der Waals surface area contributed by atoms with E-state index in [1.807, 2.05) is 18.2 Å². The Morgan fingerprint density at radius 2 is 2.00 bits per heavy atom. The lowest BCUT2D eigenvalue weighted by molar-refractivity contribution is 0.0933. The standard InChI is InChI=1S/C17H27N3O/c1-3-5-8-13(7-4-2)20-17(21)14-9-6-10-15-16(14)19-12-11-18-15/h6,9-10,13,18-19H,3-5,7-8,11-12H2,1-2H3,(H,20,21). The number of carbonyl (C=O) groups is 1. The zero-order chi connectivity index (χ0) is 15.1. The first-order valence-electron chi connectivity index (χ1n) is 8.17. The van der Waals surface area contributed by atoms with Crippen molar-refractivity contribution in [1.29, 1.82) is 0 Å². The highest BCUT2D eigenvalue weighted by molar-refractivity contribution is 6.02. The highest BCUT2D eigenvalue weighted by Gasteiger charge is 2.19. The normalized spacial score (nSPS) is 14.6. The van der Waals surface area contributed by atoms with E-state index in [1.54, 1.807) is 0 Å². The molecule has 1 amide bonds. The Morgan fingerprint density at radius 3 is 2.76 bits per heavy atom. The Balaban J connectivity index is 2.08. The number of hydrogen-bond donors (Lipinski definition) is 3. The topological polar surface area (TPSA) is 53.2 Å². The molecular formula is C17H27N3O. The van der Waals surface area contributed by atoms with Crippen LogP contribution in [0.4, 0.5) is 11.4 Å². The van der Waals surface area contributed by atoms with Crippen molar-refractivity contribution in [2.45, 2.75) is 52.0 Å². The fourth-order valence-corrected chi connectivity index (χ4v) is 2.81. The lowest BCUT2D eigenvalue weighted by Crippen LogP contribution is -2.35. The zero-order valence-corrected chi connectivity index (χ0v) is 13.2. The summed E-state index contributed by atoms with van der Waals surface area (Å²) in [5.41, 5.74) is 2.71. The maximum atomic E-state index is 12.6. The van der Waals surface area contributed by atoms with Crippen molar-refractivity contribution < 1.29 is 4.79 Å². The predicted molar refractivity (Wildman–Crippen MR) is 89.1 cm³/mol. The molecule has 0 spiro atoms. The first-order chi connectivity index (χ1) is 10.3. The molecule has 1 aliphatic heterocycles. The van der Waals surface area contributed by atoms with E-state index in [0.29, 0.717) is 0 Å². The van der Waals surface area contributed by atoms with Crippen molar-refractivity contribution in [3.05, 3.63) is 23.8 Å². The molecule has 0 saturated carbocycles. The third-order valence-corrected chi connectivity index (χ3v) is 3.93. The number of amides is 1. The minimum Gasteiger partial charge on any atom is -0.382 e. The second-order valence-electron chi connectivity index (χ2n) is 5.68. The Labute approximate surface area is 127 Å². The van der Waals surface area contributed by atoms with Gasteiger partial charge in [0.1, 0.15) is 0 Å². The summed E-state index contributed by atoms with van der Waals surface area (Å²) in [5.74, 6) is 0.0394. The maximum Gasteiger partial charge on any atom is 0.253 e. The largest absolute Gasteiger partial charge is 0.382 e. The second kappa shape index (κ2) is 7.91. The van der Waals surface area contributed by atoms with Gasteiger partial charge < -0.3 is 16.0 Å². The van der Waals surface area contributed by atoms with Crippen LogP contribution in [0.25, 0.3) is 0 Å². The summed E-state index contributed by atoms with van der Waals surface area (Å²) in [4.78, 5) is 12.6. The number of fused-ring (bicyclic) bond motifs is 1. The molecule has 1 unspecified atom stereocenters. The monoisotopic (exact) mass is 289 g/mol. The van der Waals surface area contributed by atoms with E-state index in [1.165, 1.54) is 6.42 Å². The number of para-hydroxylation sites is 1. The van der Waals surface area contributed by atoms with Crippen LogP contribution in [0.5, 0.6) is 0 Å². The van der Waals surface area contributed by atoms with Gasteiger partial charge in [-0.05, 0) is 25.0 Å². The van der Waals surface area contributed by atoms with Gasteiger partial charge >= 0.3 is 0 Å². The van der Waals surface area contributed by atoms with Crippen LogP contribution in [0.1, 0.15) is 56.3 Å². The minimum absolute atomic E-state index is 0.0394. The SMILES string of the molecule is CCCCC(CCC)NC(=O)c1cccc2c1NCCN2. The van der Waals surface area contributed by atoms with Crippen LogP contribution in [-0.4, -0.2) is 25.0 Å². The van der Waals surface area contributed by atoms with Crippen LogP contribution in [-0.2, 0) is 0 Å². The highest BCUT2D eigenvalue weighted by atomic mass is 16.1. The molecule has 1 aliphatic rings. The summed E-state index contributed by atoms with van der Waals surface area (Å²) in [5, 5.41) is 9.88. The molecule has 4 heteroatoms. The number of rotatable bonds is 7. The Kier molecular flexibility index (Phi) is 5.90. The lowest BCUT2D eigenvalue weighted by Gasteiger charge is -2.24. The average Bonchev–Trinajstić information content (AvgIpc) is 2.52. The molecule has 1 atom stereocenters. The van der Waals surface area contributed by atoms with Gasteiger partial charge in [-0.25, -0.2) is 0 Å². The summed E-state index contributed by atoms with van der Waals surface area (Å²) in [6, 6.07) is 6.14. The van der Waals surface area contributed by atoms with Crippen LogP contribution in [0.3, 0.4) is 0 Å². The molecule has 0 aliphatic carbocycles. The number of anilines is 2. The summed E-state index contributed by atoms with van der Waals surface area (Å²) < 4.78 is 0. The predicted octanol–water partition coefficient (Wildman–Crippen LogP) is 3.61. The van der Waals surface area contributed by atoms with Gasteiger partial charge in [0.25, 0.3) is 5.91 Å².